The summed E-state index contributed by atoms with van der Waals surface area (Å²) in [6.07, 6.45) is 1.14. The van der Waals surface area contributed by atoms with Crippen LogP contribution in [0.3, 0.4) is 0 Å². The topological polar surface area (TPSA) is 63.2 Å². The second-order valence-electron chi connectivity index (χ2n) is 8.75. The summed E-state index contributed by atoms with van der Waals surface area (Å²) in [5.41, 5.74) is -1.07. The highest BCUT2D eigenvalue weighted by Crippen LogP contribution is 2.28. The Balaban J connectivity index is 5.16. The van der Waals surface area contributed by atoms with Crippen LogP contribution in [0.25, 0.3) is 0 Å². The normalized spacial score (nSPS) is 14.1. The van der Waals surface area contributed by atoms with E-state index in [1.54, 1.807) is 0 Å². The predicted octanol–water partition coefficient (Wildman–Crippen LogP) is 2.98. The van der Waals surface area contributed by atoms with Gasteiger partial charge in [0.1, 0.15) is 6.61 Å². The fourth-order valence-electron chi connectivity index (χ4n) is 2.01. The Morgan fingerprint density at radius 2 is 1.28 bits per heavy atom. The molecule has 0 rings (SSSR count). The van der Waals surface area contributed by atoms with E-state index in [1.165, 1.54) is 0 Å². The Bertz CT molecular complexity index is 396. The molecule has 148 valence electrons. The number of ether oxygens (including phenoxy) is 1. The largest absolute Gasteiger partial charge is 0.460 e. The van der Waals surface area contributed by atoms with E-state index in [-0.39, 0.29) is 6.61 Å². The molecule has 0 aliphatic carbocycles. The SMILES string of the molecule is C=CC(=O)OCCO[SiH2]C(O[Si](C)(C)C)(O[Si](C)(C)C)O[Si](C)(C)C. The van der Waals surface area contributed by atoms with E-state index in [0.717, 1.165) is 6.08 Å². The van der Waals surface area contributed by atoms with Gasteiger partial charge in [0.25, 0.3) is 15.4 Å². The third-order valence-corrected chi connectivity index (χ3v) is 7.22. The maximum atomic E-state index is 11.1. The van der Waals surface area contributed by atoms with Gasteiger partial charge in [0.15, 0.2) is 25.0 Å². The average Bonchev–Trinajstić information content (AvgIpc) is 2.31. The molecule has 0 aliphatic rings. The summed E-state index contributed by atoms with van der Waals surface area (Å²) in [6.45, 7) is 22.9. The van der Waals surface area contributed by atoms with Gasteiger partial charge in [0.2, 0.25) is 0 Å². The van der Waals surface area contributed by atoms with Crippen LogP contribution in [0.15, 0.2) is 12.7 Å². The number of carbonyl (C=O) groups is 1. The maximum Gasteiger partial charge on any atom is 0.330 e. The third kappa shape index (κ3) is 13.7. The average molecular weight is 425 g/mol. The molecule has 0 saturated carbocycles. The van der Waals surface area contributed by atoms with Gasteiger partial charge in [0, 0.05) is 6.08 Å². The standard InChI is InChI=1S/C15H36O6Si4/c1-11-14(16)17-12-13-18-22-15(19-23(2,3)4,20-24(5,6)7)21-25(8,9)10/h11H,1,12-13,22H2,2-10H3. The molecule has 6 nitrogen and oxygen atoms in total. The zero-order chi connectivity index (χ0) is 19.9. The summed E-state index contributed by atoms with van der Waals surface area (Å²) in [6, 6.07) is 0. The zero-order valence-corrected chi connectivity index (χ0v) is 21.8. The Morgan fingerprint density at radius 1 is 0.880 bits per heavy atom. The number of rotatable bonds is 12. The highest BCUT2D eigenvalue weighted by Gasteiger charge is 2.45. The second kappa shape index (κ2) is 9.74. The van der Waals surface area contributed by atoms with Gasteiger partial charge in [-0.15, -0.1) is 0 Å². The van der Waals surface area contributed by atoms with E-state index in [0.29, 0.717) is 6.61 Å². The summed E-state index contributed by atoms with van der Waals surface area (Å²) in [7, 11) is -7.15. The Morgan fingerprint density at radius 3 is 1.60 bits per heavy atom. The van der Waals surface area contributed by atoms with Crippen molar-refractivity contribution in [3.8, 4) is 0 Å². The molecule has 0 atom stereocenters. The molecule has 25 heavy (non-hydrogen) atoms. The van der Waals surface area contributed by atoms with E-state index >= 15 is 0 Å². The van der Waals surface area contributed by atoms with Crippen LogP contribution in [-0.4, -0.2) is 59.5 Å². The first-order valence-corrected chi connectivity index (χ1v) is 20.1. The molecule has 0 saturated heterocycles. The molecule has 0 aliphatic heterocycles. The molecule has 0 heterocycles. The van der Waals surface area contributed by atoms with Crippen LogP contribution >= 0.6 is 0 Å². The fraction of sp³-hybridized carbons (Fsp3) is 0.800. The predicted molar refractivity (Wildman–Crippen MR) is 112 cm³/mol. The van der Waals surface area contributed by atoms with Gasteiger partial charge in [0.05, 0.1) is 6.61 Å². The lowest BCUT2D eigenvalue weighted by molar-refractivity contribution is -0.212. The van der Waals surface area contributed by atoms with E-state index < -0.39 is 46.3 Å². The second-order valence-corrected chi connectivity index (χ2v) is 23.6. The van der Waals surface area contributed by atoms with Crippen LogP contribution in [0.4, 0.5) is 0 Å². The van der Waals surface area contributed by atoms with Crippen molar-refractivity contribution in [1.82, 2.24) is 0 Å². The van der Waals surface area contributed by atoms with Gasteiger partial charge in [-0.2, -0.15) is 0 Å². The summed E-state index contributed by atoms with van der Waals surface area (Å²) in [4.78, 5) is 11.1. The fourth-order valence-corrected chi connectivity index (χ4v) is 10.4. The quantitative estimate of drug-likeness (QED) is 0.158. The summed E-state index contributed by atoms with van der Waals surface area (Å²) < 4.78 is 30.0. The molecule has 0 N–H and O–H groups in total. The molecule has 0 aromatic carbocycles. The molecule has 0 amide bonds. The molecule has 0 radical (unpaired) electrons. The van der Waals surface area contributed by atoms with E-state index in [1.807, 2.05) is 0 Å². The minimum absolute atomic E-state index is 0.181. The first kappa shape index (κ1) is 24.9. The minimum Gasteiger partial charge on any atom is -0.460 e. The van der Waals surface area contributed by atoms with Gasteiger partial charge < -0.3 is 22.4 Å². The van der Waals surface area contributed by atoms with Gasteiger partial charge in [-0.05, 0) is 58.9 Å². The van der Waals surface area contributed by atoms with Gasteiger partial charge in [-0.25, -0.2) is 4.79 Å². The molecular formula is C15H36O6Si4. The Hall–Kier alpha value is -0.0825. The number of hydrogen-bond acceptors (Lipinski definition) is 6. The van der Waals surface area contributed by atoms with Crippen molar-refractivity contribution in [1.29, 1.82) is 0 Å². The zero-order valence-electron chi connectivity index (χ0n) is 17.4. The molecule has 0 aromatic heterocycles. The van der Waals surface area contributed by atoms with E-state index in [4.69, 9.17) is 22.4 Å². The summed E-state index contributed by atoms with van der Waals surface area (Å²) in [5.74, 6) is -0.452. The third-order valence-electron chi connectivity index (χ3n) is 2.30. The van der Waals surface area contributed by atoms with Crippen molar-refractivity contribution < 1.29 is 27.2 Å². The van der Waals surface area contributed by atoms with Crippen molar-refractivity contribution in [3.63, 3.8) is 0 Å². The number of hydrogen-bond donors (Lipinski definition) is 0. The minimum atomic E-state index is -1.93. The van der Waals surface area contributed by atoms with Crippen LogP contribution in [0.2, 0.25) is 58.9 Å². The highest BCUT2D eigenvalue weighted by molar-refractivity contribution is 6.73. The molecule has 0 bridgehead atoms. The molecule has 0 spiro atoms. The first-order valence-electron chi connectivity index (χ1n) is 8.55. The number of esters is 1. The van der Waals surface area contributed by atoms with Crippen molar-refractivity contribution >= 4 is 40.7 Å². The molecule has 0 aromatic rings. The molecule has 0 fully saturated rings. The van der Waals surface area contributed by atoms with Crippen LogP contribution < -0.4 is 0 Å². The van der Waals surface area contributed by atoms with Crippen LogP contribution in [0.1, 0.15) is 0 Å². The monoisotopic (exact) mass is 424 g/mol. The van der Waals surface area contributed by atoms with Crippen LogP contribution in [0.5, 0.6) is 0 Å². The van der Waals surface area contributed by atoms with Gasteiger partial charge in [-0.1, -0.05) is 6.58 Å². The molecule has 10 heteroatoms. The summed E-state index contributed by atoms with van der Waals surface area (Å²) >= 11 is 0. The number of carbonyl (C=O) groups excluding carboxylic acids is 1. The van der Waals surface area contributed by atoms with E-state index in [2.05, 4.69) is 65.5 Å². The lowest BCUT2D eigenvalue weighted by Crippen LogP contribution is -2.60. The van der Waals surface area contributed by atoms with Crippen molar-refractivity contribution in [3.05, 3.63) is 12.7 Å². The smallest absolute Gasteiger partial charge is 0.330 e. The Labute approximate surface area is 158 Å². The molecule has 0 unspecified atom stereocenters. The van der Waals surface area contributed by atoms with Crippen molar-refractivity contribution in [2.24, 2.45) is 0 Å². The maximum absolute atomic E-state index is 11.1. The van der Waals surface area contributed by atoms with Gasteiger partial charge >= 0.3 is 5.97 Å². The van der Waals surface area contributed by atoms with Crippen molar-refractivity contribution in [2.45, 2.75) is 64.5 Å². The highest BCUT2D eigenvalue weighted by atomic mass is 28.4. The lowest BCUT2D eigenvalue weighted by Gasteiger charge is -2.45. The van der Waals surface area contributed by atoms with Crippen molar-refractivity contribution in [2.75, 3.05) is 13.2 Å². The Kier molecular flexibility index (Phi) is 9.71. The van der Waals surface area contributed by atoms with Crippen LogP contribution in [0, 0.1) is 0 Å². The summed E-state index contributed by atoms with van der Waals surface area (Å²) in [5, 5.41) is 0. The lowest BCUT2D eigenvalue weighted by atomic mass is 10.6. The van der Waals surface area contributed by atoms with Crippen LogP contribution in [-0.2, 0) is 27.2 Å². The van der Waals surface area contributed by atoms with Gasteiger partial charge in [-0.3, -0.25) is 0 Å². The first-order chi connectivity index (χ1) is 11.1. The van der Waals surface area contributed by atoms with E-state index in [9.17, 15) is 4.79 Å². The molecular weight excluding hydrogens is 389 g/mol.